The zero-order valence-electron chi connectivity index (χ0n) is 11.4. The quantitative estimate of drug-likeness (QED) is 0.907. The Kier molecular flexibility index (Phi) is 4.99. The van der Waals surface area contributed by atoms with Crippen molar-refractivity contribution in [1.82, 2.24) is 9.47 Å². The number of hydrogen-bond donors (Lipinski definition) is 1. The highest BCUT2D eigenvalue weighted by molar-refractivity contribution is 9.10. The van der Waals surface area contributed by atoms with Crippen molar-refractivity contribution in [2.24, 2.45) is 0 Å². The Labute approximate surface area is 117 Å². The van der Waals surface area contributed by atoms with Crippen LogP contribution in [0.3, 0.4) is 0 Å². The summed E-state index contributed by atoms with van der Waals surface area (Å²) in [6, 6.07) is 1.82. The number of hydrogen-bond acceptors (Lipinski definition) is 2. The molecule has 1 heterocycles. The normalized spacial score (nSPS) is 11.7. The predicted molar refractivity (Wildman–Crippen MR) is 75.7 cm³/mol. The second kappa shape index (κ2) is 5.89. The van der Waals surface area contributed by atoms with Crippen molar-refractivity contribution >= 4 is 21.8 Å². The van der Waals surface area contributed by atoms with Gasteiger partial charge in [0, 0.05) is 30.3 Å². The van der Waals surface area contributed by atoms with E-state index < -0.39 is 5.60 Å². The molecular weight excluding hydrogens is 296 g/mol. The molecule has 0 aromatic carbocycles. The molecule has 1 aromatic heterocycles. The standard InChI is InChI=1S/C13H21BrN2O2/c1-5-15-8-10(14)7-11(15)12(17)16(6-2)9-13(3,4)18/h7-8,18H,5-6,9H2,1-4H3. The van der Waals surface area contributed by atoms with E-state index in [2.05, 4.69) is 15.9 Å². The predicted octanol–water partition coefficient (Wildman–Crippen LogP) is 2.50. The van der Waals surface area contributed by atoms with Crippen molar-refractivity contribution in [2.75, 3.05) is 13.1 Å². The van der Waals surface area contributed by atoms with E-state index in [4.69, 9.17) is 0 Å². The molecule has 0 aliphatic carbocycles. The maximum atomic E-state index is 12.4. The van der Waals surface area contributed by atoms with Gasteiger partial charge in [-0.3, -0.25) is 4.79 Å². The topological polar surface area (TPSA) is 45.5 Å². The fourth-order valence-corrected chi connectivity index (χ4v) is 2.34. The summed E-state index contributed by atoms with van der Waals surface area (Å²) < 4.78 is 2.80. The molecule has 0 aliphatic rings. The lowest BCUT2D eigenvalue weighted by Crippen LogP contribution is -2.42. The summed E-state index contributed by atoms with van der Waals surface area (Å²) in [5.41, 5.74) is -0.234. The fraction of sp³-hybridized carbons (Fsp3) is 0.615. The number of aliphatic hydroxyl groups is 1. The molecule has 4 nitrogen and oxygen atoms in total. The van der Waals surface area contributed by atoms with Gasteiger partial charge >= 0.3 is 0 Å². The Bertz CT molecular complexity index is 421. The highest BCUT2D eigenvalue weighted by atomic mass is 79.9. The van der Waals surface area contributed by atoms with Crippen LogP contribution in [0.15, 0.2) is 16.7 Å². The first-order valence-corrected chi connectivity index (χ1v) is 6.95. The molecule has 5 heteroatoms. The molecule has 1 amide bonds. The number of aromatic nitrogens is 1. The van der Waals surface area contributed by atoms with Crippen molar-refractivity contribution in [3.05, 3.63) is 22.4 Å². The number of carbonyl (C=O) groups is 1. The molecule has 0 atom stereocenters. The molecule has 1 N–H and O–H groups in total. The molecule has 0 spiro atoms. The van der Waals surface area contributed by atoms with Crippen molar-refractivity contribution < 1.29 is 9.90 Å². The van der Waals surface area contributed by atoms with Crippen LogP contribution in [-0.2, 0) is 6.54 Å². The van der Waals surface area contributed by atoms with Crippen molar-refractivity contribution in [3.8, 4) is 0 Å². The summed E-state index contributed by atoms with van der Waals surface area (Å²) in [6.45, 7) is 8.97. The van der Waals surface area contributed by atoms with Crippen LogP contribution < -0.4 is 0 Å². The summed E-state index contributed by atoms with van der Waals surface area (Å²) in [7, 11) is 0. The number of halogens is 1. The zero-order chi connectivity index (χ0) is 13.9. The van der Waals surface area contributed by atoms with Gasteiger partial charge < -0.3 is 14.6 Å². The van der Waals surface area contributed by atoms with Gasteiger partial charge in [0.1, 0.15) is 5.69 Å². The number of rotatable bonds is 5. The summed E-state index contributed by atoms with van der Waals surface area (Å²) in [6.07, 6.45) is 1.89. The van der Waals surface area contributed by atoms with E-state index in [1.165, 1.54) is 0 Å². The van der Waals surface area contributed by atoms with E-state index in [-0.39, 0.29) is 5.91 Å². The molecule has 0 radical (unpaired) electrons. The zero-order valence-corrected chi connectivity index (χ0v) is 13.0. The Morgan fingerprint density at radius 1 is 1.50 bits per heavy atom. The van der Waals surface area contributed by atoms with Crippen molar-refractivity contribution in [3.63, 3.8) is 0 Å². The Balaban J connectivity index is 2.96. The summed E-state index contributed by atoms with van der Waals surface area (Å²) in [5, 5.41) is 9.84. The monoisotopic (exact) mass is 316 g/mol. The van der Waals surface area contributed by atoms with Crippen molar-refractivity contribution in [1.29, 1.82) is 0 Å². The van der Waals surface area contributed by atoms with Crippen LogP contribution in [-0.4, -0.2) is 39.2 Å². The first-order valence-electron chi connectivity index (χ1n) is 6.15. The third-order valence-electron chi connectivity index (χ3n) is 2.67. The molecule has 1 aromatic rings. The molecule has 0 saturated carbocycles. The average Bonchev–Trinajstić information content (AvgIpc) is 2.65. The van der Waals surface area contributed by atoms with E-state index in [1.54, 1.807) is 18.7 Å². The van der Waals surface area contributed by atoms with Crippen LogP contribution in [0, 0.1) is 0 Å². The maximum Gasteiger partial charge on any atom is 0.270 e. The fourth-order valence-electron chi connectivity index (χ4n) is 1.87. The highest BCUT2D eigenvalue weighted by Crippen LogP contribution is 2.17. The first kappa shape index (κ1) is 15.2. The van der Waals surface area contributed by atoms with Gasteiger partial charge in [-0.05, 0) is 49.7 Å². The van der Waals surface area contributed by atoms with Gasteiger partial charge in [0.05, 0.1) is 5.60 Å². The largest absolute Gasteiger partial charge is 0.389 e. The Morgan fingerprint density at radius 3 is 2.56 bits per heavy atom. The van der Waals surface area contributed by atoms with Gasteiger partial charge in [-0.15, -0.1) is 0 Å². The lowest BCUT2D eigenvalue weighted by molar-refractivity contribution is 0.0309. The third kappa shape index (κ3) is 3.85. The average molecular weight is 317 g/mol. The molecule has 0 saturated heterocycles. The number of carbonyl (C=O) groups excluding carboxylic acids is 1. The van der Waals surface area contributed by atoms with Crippen LogP contribution in [0.2, 0.25) is 0 Å². The van der Waals surface area contributed by atoms with Gasteiger partial charge in [-0.1, -0.05) is 0 Å². The van der Waals surface area contributed by atoms with E-state index in [1.807, 2.05) is 30.7 Å². The van der Waals surface area contributed by atoms with Crippen LogP contribution >= 0.6 is 15.9 Å². The Morgan fingerprint density at radius 2 is 2.11 bits per heavy atom. The van der Waals surface area contributed by atoms with Gasteiger partial charge in [-0.2, -0.15) is 0 Å². The van der Waals surface area contributed by atoms with Gasteiger partial charge in [0.25, 0.3) is 5.91 Å². The lowest BCUT2D eigenvalue weighted by Gasteiger charge is -2.28. The van der Waals surface area contributed by atoms with Crippen LogP contribution in [0.5, 0.6) is 0 Å². The van der Waals surface area contributed by atoms with Gasteiger partial charge in [0.2, 0.25) is 0 Å². The Hall–Kier alpha value is -0.810. The van der Waals surface area contributed by atoms with Gasteiger partial charge in [-0.25, -0.2) is 0 Å². The van der Waals surface area contributed by atoms with E-state index in [0.717, 1.165) is 11.0 Å². The highest BCUT2D eigenvalue weighted by Gasteiger charge is 2.24. The number of likely N-dealkylation sites (N-methyl/N-ethyl adjacent to an activating group) is 1. The van der Waals surface area contributed by atoms with Crippen LogP contribution in [0.25, 0.3) is 0 Å². The SMILES string of the molecule is CCN(CC(C)(C)O)C(=O)c1cc(Br)cn1CC. The molecule has 0 aliphatic heterocycles. The molecule has 0 unspecified atom stereocenters. The number of amides is 1. The molecule has 18 heavy (non-hydrogen) atoms. The summed E-state index contributed by atoms with van der Waals surface area (Å²) in [4.78, 5) is 14.1. The van der Waals surface area contributed by atoms with Gasteiger partial charge in [0.15, 0.2) is 0 Å². The molecular formula is C13H21BrN2O2. The summed E-state index contributed by atoms with van der Waals surface area (Å²) >= 11 is 3.38. The molecule has 1 rings (SSSR count). The molecule has 102 valence electrons. The minimum Gasteiger partial charge on any atom is -0.389 e. The number of aryl methyl sites for hydroxylation is 1. The van der Waals surface area contributed by atoms with Crippen molar-refractivity contribution in [2.45, 2.75) is 39.8 Å². The van der Waals surface area contributed by atoms with Crippen LogP contribution in [0.4, 0.5) is 0 Å². The third-order valence-corrected chi connectivity index (χ3v) is 3.10. The smallest absolute Gasteiger partial charge is 0.270 e. The second-order valence-corrected chi connectivity index (χ2v) is 5.88. The molecule has 0 bridgehead atoms. The maximum absolute atomic E-state index is 12.4. The molecule has 0 fully saturated rings. The van der Waals surface area contributed by atoms with Crippen LogP contribution in [0.1, 0.15) is 38.2 Å². The lowest BCUT2D eigenvalue weighted by atomic mass is 10.1. The van der Waals surface area contributed by atoms with E-state index >= 15 is 0 Å². The minimum absolute atomic E-state index is 0.0489. The second-order valence-electron chi connectivity index (χ2n) is 4.96. The minimum atomic E-state index is -0.882. The van der Waals surface area contributed by atoms with E-state index in [0.29, 0.717) is 18.8 Å². The number of nitrogens with zero attached hydrogens (tertiary/aromatic N) is 2. The summed E-state index contributed by atoms with van der Waals surface area (Å²) in [5.74, 6) is -0.0489. The first-order chi connectivity index (χ1) is 8.28. The van der Waals surface area contributed by atoms with E-state index in [9.17, 15) is 9.90 Å².